The summed E-state index contributed by atoms with van der Waals surface area (Å²) in [6, 6.07) is 6.74. The van der Waals surface area contributed by atoms with E-state index in [1.807, 2.05) is 0 Å². The largest absolute Gasteiger partial charge is 0.508 e. The number of carbonyl (C=O) groups excluding carboxylic acids is 1. The van der Waals surface area contributed by atoms with Crippen LogP contribution in [0.15, 0.2) is 40.3 Å². The number of hydrogen-bond donors (Lipinski definition) is 3. The lowest BCUT2D eigenvalue weighted by Gasteiger charge is -2.34. The van der Waals surface area contributed by atoms with Gasteiger partial charge in [-0.05, 0) is 49.8 Å². The van der Waals surface area contributed by atoms with E-state index >= 15 is 0 Å². The van der Waals surface area contributed by atoms with Crippen LogP contribution in [0.25, 0.3) is 0 Å². The molecule has 29 heavy (non-hydrogen) atoms. The summed E-state index contributed by atoms with van der Waals surface area (Å²) in [6.45, 7) is 1.77. The third-order valence-corrected chi connectivity index (χ3v) is 6.13. The fourth-order valence-electron chi connectivity index (χ4n) is 4.70. The molecule has 0 radical (unpaired) electrons. The number of rotatable bonds is 2. The van der Waals surface area contributed by atoms with Gasteiger partial charge in [-0.15, -0.1) is 0 Å². The van der Waals surface area contributed by atoms with Crippen LogP contribution in [0.1, 0.15) is 55.6 Å². The van der Waals surface area contributed by atoms with Gasteiger partial charge in [0.25, 0.3) is 5.56 Å². The van der Waals surface area contributed by atoms with Gasteiger partial charge in [-0.25, -0.2) is 0 Å². The summed E-state index contributed by atoms with van der Waals surface area (Å²) in [6.07, 6.45) is 5.43. The summed E-state index contributed by atoms with van der Waals surface area (Å²) in [7, 11) is 0. The molecule has 2 aliphatic heterocycles. The SMILES string of the molecule is O=C1CCCC2=C1[C@H](c1ccc(O)cc1)c1c(nc(N3CCCCC3)[nH]c1=O)N2. The minimum atomic E-state index is -0.471. The van der Waals surface area contributed by atoms with E-state index in [0.717, 1.165) is 50.0 Å². The molecular formula is C22H24N4O3. The first-order valence-electron chi connectivity index (χ1n) is 10.3. The number of nitrogens with zero attached hydrogens (tertiary/aromatic N) is 2. The van der Waals surface area contributed by atoms with Crippen molar-refractivity contribution >= 4 is 17.5 Å². The van der Waals surface area contributed by atoms with Crippen molar-refractivity contribution in [3.8, 4) is 5.75 Å². The molecule has 0 bridgehead atoms. The Labute approximate surface area is 168 Å². The molecule has 3 heterocycles. The van der Waals surface area contributed by atoms with E-state index in [4.69, 9.17) is 4.98 Å². The van der Waals surface area contributed by atoms with Crippen molar-refractivity contribution < 1.29 is 9.90 Å². The summed E-state index contributed by atoms with van der Waals surface area (Å²) in [4.78, 5) is 35.9. The third kappa shape index (κ3) is 3.10. The molecule has 1 aromatic carbocycles. The number of ketones is 1. The molecule has 1 saturated heterocycles. The molecule has 150 valence electrons. The first kappa shape index (κ1) is 18.0. The van der Waals surface area contributed by atoms with Crippen molar-refractivity contribution in [2.45, 2.75) is 44.4 Å². The van der Waals surface area contributed by atoms with E-state index < -0.39 is 5.92 Å². The first-order chi connectivity index (χ1) is 14.1. The monoisotopic (exact) mass is 392 g/mol. The lowest BCUT2D eigenvalue weighted by atomic mass is 9.76. The highest BCUT2D eigenvalue weighted by Gasteiger charge is 2.38. The number of aromatic amines is 1. The summed E-state index contributed by atoms with van der Waals surface area (Å²) >= 11 is 0. The Hall–Kier alpha value is -3.09. The number of phenols is 1. The minimum Gasteiger partial charge on any atom is -0.508 e. The Morgan fingerprint density at radius 3 is 2.52 bits per heavy atom. The molecule has 3 N–H and O–H groups in total. The maximum absolute atomic E-state index is 13.2. The number of H-pyrrole nitrogens is 1. The summed E-state index contributed by atoms with van der Waals surface area (Å²) in [5.74, 6) is 0.889. The van der Waals surface area contributed by atoms with Gasteiger partial charge in [0.05, 0.1) is 5.56 Å². The topological polar surface area (TPSA) is 98.3 Å². The van der Waals surface area contributed by atoms with Gasteiger partial charge >= 0.3 is 0 Å². The van der Waals surface area contributed by atoms with Crippen molar-refractivity contribution in [1.29, 1.82) is 0 Å². The zero-order valence-electron chi connectivity index (χ0n) is 16.2. The highest BCUT2D eigenvalue weighted by atomic mass is 16.3. The molecule has 0 saturated carbocycles. The van der Waals surface area contributed by atoms with E-state index in [9.17, 15) is 14.7 Å². The maximum Gasteiger partial charge on any atom is 0.258 e. The van der Waals surface area contributed by atoms with Gasteiger partial charge in [0.1, 0.15) is 11.6 Å². The van der Waals surface area contributed by atoms with Gasteiger partial charge in [-0.3, -0.25) is 14.6 Å². The number of hydrogen-bond acceptors (Lipinski definition) is 6. The normalized spacial score (nSPS) is 21.4. The summed E-state index contributed by atoms with van der Waals surface area (Å²) < 4.78 is 0. The Balaban J connectivity index is 1.67. The molecule has 5 rings (SSSR count). The highest BCUT2D eigenvalue weighted by Crippen LogP contribution is 2.43. The van der Waals surface area contributed by atoms with Crippen LogP contribution in [-0.4, -0.2) is 33.9 Å². The van der Waals surface area contributed by atoms with E-state index in [0.29, 0.717) is 29.3 Å². The maximum atomic E-state index is 13.2. The average molecular weight is 392 g/mol. The van der Waals surface area contributed by atoms with E-state index in [1.165, 1.54) is 6.42 Å². The first-order valence-corrected chi connectivity index (χ1v) is 10.3. The number of anilines is 2. The zero-order chi connectivity index (χ0) is 20.0. The fraction of sp³-hybridized carbons (Fsp3) is 0.409. The molecule has 7 heteroatoms. The van der Waals surface area contributed by atoms with Crippen LogP contribution in [0.2, 0.25) is 0 Å². The molecule has 1 atom stereocenters. The molecular weight excluding hydrogens is 368 g/mol. The van der Waals surface area contributed by atoms with E-state index in [2.05, 4.69) is 15.2 Å². The number of benzene rings is 1. The Morgan fingerprint density at radius 2 is 1.76 bits per heavy atom. The lowest BCUT2D eigenvalue weighted by Crippen LogP contribution is -2.36. The molecule has 0 spiro atoms. The van der Waals surface area contributed by atoms with E-state index in [1.54, 1.807) is 24.3 Å². The van der Waals surface area contributed by atoms with Gasteiger partial charge in [0, 0.05) is 36.7 Å². The number of aromatic nitrogens is 2. The number of nitrogens with one attached hydrogen (secondary N) is 2. The van der Waals surface area contributed by atoms with E-state index in [-0.39, 0.29) is 17.1 Å². The lowest BCUT2D eigenvalue weighted by molar-refractivity contribution is -0.116. The van der Waals surface area contributed by atoms with Crippen LogP contribution >= 0.6 is 0 Å². The Kier molecular flexibility index (Phi) is 4.38. The van der Waals surface area contributed by atoms with Gasteiger partial charge < -0.3 is 15.3 Å². The zero-order valence-corrected chi connectivity index (χ0v) is 16.2. The number of piperidine rings is 1. The summed E-state index contributed by atoms with van der Waals surface area (Å²) in [5, 5.41) is 13.0. The van der Waals surface area contributed by atoms with Crippen LogP contribution in [0.3, 0.4) is 0 Å². The van der Waals surface area contributed by atoms with Gasteiger partial charge in [-0.1, -0.05) is 12.1 Å². The smallest absolute Gasteiger partial charge is 0.258 e. The Morgan fingerprint density at radius 1 is 1.00 bits per heavy atom. The van der Waals surface area contributed by atoms with Gasteiger partial charge in [-0.2, -0.15) is 4.98 Å². The highest BCUT2D eigenvalue weighted by molar-refractivity contribution is 6.00. The van der Waals surface area contributed by atoms with Crippen molar-refractivity contribution in [2.75, 3.05) is 23.3 Å². The number of phenolic OH excluding ortho intramolecular Hbond substituents is 1. The number of carbonyl (C=O) groups is 1. The Bertz CT molecular complexity index is 1050. The molecule has 1 aliphatic carbocycles. The predicted molar refractivity (Wildman–Crippen MR) is 110 cm³/mol. The van der Waals surface area contributed by atoms with Crippen LogP contribution in [0.4, 0.5) is 11.8 Å². The molecule has 0 amide bonds. The number of aromatic hydroxyl groups is 1. The van der Waals surface area contributed by atoms with Crippen molar-refractivity contribution in [1.82, 2.24) is 9.97 Å². The molecule has 0 unspecified atom stereocenters. The van der Waals surface area contributed by atoms with Crippen LogP contribution < -0.4 is 15.8 Å². The molecule has 2 aromatic rings. The van der Waals surface area contributed by atoms with Crippen LogP contribution in [0.5, 0.6) is 5.75 Å². The fourth-order valence-corrected chi connectivity index (χ4v) is 4.70. The number of allylic oxidation sites excluding steroid dienone is 2. The third-order valence-electron chi connectivity index (χ3n) is 6.13. The molecule has 1 aromatic heterocycles. The van der Waals surface area contributed by atoms with Crippen molar-refractivity contribution in [3.63, 3.8) is 0 Å². The second-order valence-electron chi connectivity index (χ2n) is 8.02. The van der Waals surface area contributed by atoms with Crippen LogP contribution in [-0.2, 0) is 4.79 Å². The number of fused-ring (bicyclic) bond motifs is 1. The molecule has 3 aliphatic rings. The molecule has 7 nitrogen and oxygen atoms in total. The van der Waals surface area contributed by atoms with Gasteiger partial charge in [0.2, 0.25) is 5.95 Å². The standard InChI is InChI=1S/C22H24N4O3/c27-14-9-7-13(8-10-14)17-18-15(5-4-6-16(18)28)23-20-19(17)21(29)25-22(24-20)26-11-2-1-3-12-26/h7-10,17,27H,1-6,11-12H2,(H2,23,24,25,29)/t17-/m0/s1. The summed E-state index contributed by atoms with van der Waals surface area (Å²) in [5.41, 5.74) is 2.60. The van der Waals surface area contributed by atoms with Crippen molar-refractivity contribution in [3.05, 3.63) is 57.0 Å². The van der Waals surface area contributed by atoms with Crippen molar-refractivity contribution in [2.24, 2.45) is 0 Å². The minimum absolute atomic E-state index is 0.0713. The average Bonchev–Trinajstić information content (AvgIpc) is 2.74. The number of Topliss-reactive ketones (excluding diaryl/α,β-unsaturated/α-hetero) is 1. The predicted octanol–water partition coefficient (Wildman–Crippen LogP) is 3.03. The molecule has 1 fully saturated rings. The quantitative estimate of drug-likeness (QED) is 0.727. The second kappa shape index (κ2) is 7.06. The second-order valence-corrected chi connectivity index (χ2v) is 8.02. The van der Waals surface area contributed by atoms with Gasteiger partial charge in [0.15, 0.2) is 5.78 Å². The van der Waals surface area contributed by atoms with Crippen LogP contribution in [0, 0.1) is 0 Å².